The van der Waals surface area contributed by atoms with Gasteiger partial charge in [0.1, 0.15) is 12.1 Å². The van der Waals surface area contributed by atoms with Crippen LogP contribution >= 0.6 is 11.3 Å². The molecule has 2 fully saturated rings. The lowest BCUT2D eigenvalue weighted by molar-refractivity contribution is -0.144. The first-order chi connectivity index (χ1) is 34.6. The van der Waals surface area contributed by atoms with Gasteiger partial charge in [-0.1, -0.05) is 63.2 Å². The molecule has 0 aliphatic carbocycles. The van der Waals surface area contributed by atoms with Crippen molar-refractivity contribution in [3.8, 4) is 21.7 Å². The van der Waals surface area contributed by atoms with Crippen LogP contribution in [0.2, 0.25) is 0 Å². The third-order valence-corrected chi connectivity index (χ3v) is 14.0. The fraction of sp³-hybridized carbons (Fsp3) is 0.352. The van der Waals surface area contributed by atoms with E-state index in [9.17, 15) is 29.1 Å². The van der Waals surface area contributed by atoms with Crippen LogP contribution in [0.3, 0.4) is 0 Å². The number of hydrogen-bond donors (Lipinski definition) is 5. The molecule has 0 bridgehead atoms. The summed E-state index contributed by atoms with van der Waals surface area (Å²) in [5, 5.41) is 22.7. The van der Waals surface area contributed by atoms with E-state index in [2.05, 4.69) is 46.1 Å². The number of aromatic nitrogens is 4. The molecule has 0 saturated carbocycles. The predicted octanol–water partition coefficient (Wildman–Crippen LogP) is 6.51. The third kappa shape index (κ3) is 12.9. The van der Waals surface area contributed by atoms with E-state index >= 15 is 0 Å². The Labute approximate surface area is 423 Å². The molecular weight excluding hydrogens is 931 g/mol. The van der Waals surface area contributed by atoms with E-state index in [1.807, 2.05) is 113 Å². The zero-order valence-electron chi connectivity index (χ0n) is 41.2. The van der Waals surface area contributed by atoms with E-state index in [0.29, 0.717) is 49.9 Å². The fourth-order valence-electron chi connectivity index (χ4n) is 8.82. The molecular formula is C54H61N11O6S. The number of likely N-dealkylation sites (tertiary alicyclic amines) is 1. The Morgan fingerprint density at radius 2 is 1.60 bits per heavy atom. The van der Waals surface area contributed by atoms with Gasteiger partial charge in [0.25, 0.3) is 5.91 Å². The summed E-state index contributed by atoms with van der Waals surface area (Å²) in [4.78, 5) is 91.6. The largest absolute Gasteiger partial charge is 0.391 e. The van der Waals surface area contributed by atoms with E-state index in [-0.39, 0.29) is 50.1 Å². The number of β-amino-alcohol motifs (C(OH)–C–C–N with tert-alkyl or cyclic N) is 1. The molecule has 3 atom stereocenters. The Morgan fingerprint density at radius 3 is 2.29 bits per heavy atom. The highest BCUT2D eigenvalue weighted by Crippen LogP contribution is 2.29. The third-order valence-electron chi connectivity index (χ3n) is 13.0. The molecule has 5 heterocycles. The van der Waals surface area contributed by atoms with Crippen molar-refractivity contribution >= 4 is 58.2 Å². The Morgan fingerprint density at radius 1 is 0.847 bits per heavy atom. The molecule has 0 spiro atoms. The molecule has 2 aliphatic heterocycles. The number of aliphatic hydroxyl groups is 1. The second-order valence-corrected chi connectivity index (χ2v) is 20.3. The Bertz CT molecular complexity index is 2880. The van der Waals surface area contributed by atoms with Gasteiger partial charge in [-0.05, 0) is 84.0 Å². The summed E-state index contributed by atoms with van der Waals surface area (Å²) in [5.41, 5.74) is 9.44. The number of nitrogens with one attached hydrogen (secondary N) is 4. The molecule has 3 aromatic carbocycles. The molecule has 5 N–H and O–H groups in total. The number of nitrogens with zero attached hydrogens (tertiary/aromatic N) is 7. The minimum absolute atomic E-state index is 0.0196. The first-order valence-electron chi connectivity index (χ1n) is 24.1. The summed E-state index contributed by atoms with van der Waals surface area (Å²) in [6, 6.07) is 24.6. The van der Waals surface area contributed by atoms with Crippen LogP contribution in [0.4, 0.5) is 17.3 Å². The zero-order valence-corrected chi connectivity index (χ0v) is 42.0. The van der Waals surface area contributed by atoms with Crippen LogP contribution in [0.25, 0.3) is 21.7 Å². The second kappa shape index (κ2) is 22.8. The molecule has 5 amide bonds. The average molecular weight is 992 g/mol. The first kappa shape index (κ1) is 51.0. The van der Waals surface area contributed by atoms with Crippen molar-refractivity contribution in [3.63, 3.8) is 0 Å². The van der Waals surface area contributed by atoms with Crippen LogP contribution in [0.15, 0.2) is 109 Å². The lowest BCUT2D eigenvalue weighted by Gasteiger charge is -2.36. The Hall–Kier alpha value is -7.41. The minimum Gasteiger partial charge on any atom is -0.391 e. The number of aliphatic hydroxyl groups excluding tert-OH is 1. The number of hydrogen-bond acceptors (Lipinski definition) is 13. The van der Waals surface area contributed by atoms with Gasteiger partial charge < -0.3 is 36.2 Å². The zero-order chi connectivity index (χ0) is 50.9. The Balaban J connectivity index is 0.769. The van der Waals surface area contributed by atoms with E-state index in [4.69, 9.17) is 0 Å². The standard InChI is InChI=1S/C54H61N11O6S/c1-34-8-17-41(27-44(34)61-53-56-22-20-43(60-53)40-7-6-21-55-30-40)59-50(69)39-15-11-37(12-16-39)31-63-23-25-64(26-24-63)47(68)19-18-46(67)62-49(54(3,4)5)52(71)65-32-42(66)28-45(65)51(70)57-29-36-9-13-38(14-10-36)48-35(2)58-33-72-48/h6-17,20-22,27,30,33,42,45,49,66H,18-19,23-26,28-29,31-32H2,1-5H3,(H,57,70)(H,59,69)(H,62,67)(H,56,60,61)/t42-,45+,49?/m1/s1. The fourth-order valence-corrected chi connectivity index (χ4v) is 9.63. The summed E-state index contributed by atoms with van der Waals surface area (Å²) in [7, 11) is 0. The van der Waals surface area contributed by atoms with Gasteiger partial charge in [0, 0.05) is 106 Å². The van der Waals surface area contributed by atoms with Crippen LogP contribution < -0.4 is 21.3 Å². The van der Waals surface area contributed by atoms with Gasteiger partial charge in [0.15, 0.2) is 0 Å². The number of rotatable bonds is 16. The number of anilines is 3. The molecule has 17 nitrogen and oxygen atoms in total. The van der Waals surface area contributed by atoms with Crippen molar-refractivity contribution in [1.29, 1.82) is 0 Å². The summed E-state index contributed by atoms with van der Waals surface area (Å²) in [5.74, 6) is -1.26. The maximum absolute atomic E-state index is 14.1. The molecule has 72 heavy (non-hydrogen) atoms. The van der Waals surface area contributed by atoms with Gasteiger partial charge in [0.05, 0.1) is 27.9 Å². The molecule has 374 valence electrons. The molecule has 3 aromatic heterocycles. The maximum atomic E-state index is 14.1. The van der Waals surface area contributed by atoms with Crippen LogP contribution in [0.1, 0.15) is 72.8 Å². The van der Waals surface area contributed by atoms with Crippen molar-refractivity contribution in [3.05, 3.63) is 137 Å². The van der Waals surface area contributed by atoms with Crippen molar-refractivity contribution in [2.75, 3.05) is 43.4 Å². The number of amides is 5. The summed E-state index contributed by atoms with van der Waals surface area (Å²) >= 11 is 1.57. The monoisotopic (exact) mass is 991 g/mol. The Kier molecular flexibility index (Phi) is 16.1. The minimum atomic E-state index is -0.996. The smallest absolute Gasteiger partial charge is 0.255 e. The van der Waals surface area contributed by atoms with Crippen molar-refractivity contribution in [2.24, 2.45) is 5.41 Å². The highest BCUT2D eigenvalue weighted by molar-refractivity contribution is 7.13. The van der Waals surface area contributed by atoms with Gasteiger partial charge in [-0.3, -0.25) is 33.9 Å². The van der Waals surface area contributed by atoms with Gasteiger partial charge in [-0.15, -0.1) is 11.3 Å². The maximum Gasteiger partial charge on any atom is 0.255 e. The lowest BCUT2D eigenvalue weighted by atomic mass is 9.85. The molecule has 1 unspecified atom stereocenters. The van der Waals surface area contributed by atoms with Gasteiger partial charge in [-0.2, -0.15) is 0 Å². The molecule has 18 heteroatoms. The van der Waals surface area contributed by atoms with Crippen molar-refractivity contribution in [2.45, 2.75) is 85.2 Å². The number of thiazole rings is 1. The number of aryl methyl sites for hydroxylation is 2. The average Bonchev–Trinajstić information content (AvgIpc) is 4.00. The first-order valence-corrected chi connectivity index (χ1v) is 25.0. The molecule has 0 radical (unpaired) electrons. The van der Waals surface area contributed by atoms with E-state index in [0.717, 1.165) is 49.8 Å². The summed E-state index contributed by atoms with van der Waals surface area (Å²) in [6.07, 6.45) is 4.20. The number of pyridine rings is 1. The quantitative estimate of drug-likeness (QED) is 0.0702. The molecule has 2 saturated heterocycles. The van der Waals surface area contributed by atoms with Crippen LogP contribution in [0.5, 0.6) is 0 Å². The predicted molar refractivity (Wildman–Crippen MR) is 277 cm³/mol. The summed E-state index contributed by atoms with van der Waals surface area (Å²) in [6.45, 7) is 12.5. The van der Waals surface area contributed by atoms with E-state index in [1.165, 1.54) is 4.90 Å². The van der Waals surface area contributed by atoms with Crippen LogP contribution in [-0.2, 0) is 32.3 Å². The number of benzene rings is 3. The SMILES string of the molecule is Cc1ccc(NC(=O)c2ccc(CN3CCN(C(=O)CCC(=O)NC(C(=O)N4C[C@H](O)C[C@H]4C(=O)NCc4ccc(-c5scnc5C)cc4)C(C)(C)C)CC3)cc2)cc1Nc1nccc(-c2cccnc2)n1. The van der Waals surface area contributed by atoms with Gasteiger partial charge in [0.2, 0.25) is 29.6 Å². The molecule has 2 aliphatic rings. The van der Waals surface area contributed by atoms with Crippen molar-refractivity contribution < 1.29 is 29.1 Å². The summed E-state index contributed by atoms with van der Waals surface area (Å²) < 4.78 is 0. The van der Waals surface area contributed by atoms with Crippen LogP contribution in [0, 0.1) is 19.3 Å². The second-order valence-electron chi connectivity index (χ2n) is 19.4. The van der Waals surface area contributed by atoms with Gasteiger partial charge >= 0.3 is 0 Å². The van der Waals surface area contributed by atoms with E-state index < -0.39 is 35.4 Å². The van der Waals surface area contributed by atoms with Gasteiger partial charge in [-0.25, -0.2) is 15.0 Å². The number of carbonyl (C=O) groups is 5. The number of piperazine rings is 1. The highest BCUT2D eigenvalue weighted by atomic mass is 32.1. The lowest BCUT2D eigenvalue weighted by Crippen LogP contribution is -2.57. The van der Waals surface area contributed by atoms with E-state index in [1.54, 1.807) is 47.0 Å². The molecule has 8 rings (SSSR count). The van der Waals surface area contributed by atoms with Crippen molar-refractivity contribution in [1.82, 2.24) is 45.3 Å². The molecule has 6 aromatic rings. The van der Waals surface area contributed by atoms with Crippen LogP contribution in [-0.4, -0.2) is 120 Å². The number of carbonyl (C=O) groups excluding carboxylic acids is 5. The normalized spacial score (nSPS) is 16.5. The highest BCUT2D eigenvalue weighted by Gasteiger charge is 2.44. The topological polar surface area (TPSA) is 215 Å².